The SMILES string of the molecule is CCn1c(=O)c(-c2noc(C(=O)NC[C@@H]3CCCO3)n2)nn(-c2ccc(F)cc2)c1=O. The number of carbonyl (C=O) groups excluding carboxylic acids is 1. The van der Waals surface area contributed by atoms with Gasteiger partial charge in [0.25, 0.3) is 5.56 Å². The summed E-state index contributed by atoms with van der Waals surface area (Å²) in [5, 5.41) is 10.4. The zero-order valence-corrected chi connectivity index (χ0v) is 16.6. The van der Waals surface area contributed by atoms with Gasteiger partial charge in [-0.3, -0.25) is 14.2 Å². The Kier molecular flexibility index (Phi) is 5.71. The first kappa shape index (κ1) is 20.6. The summed E-state index contributed by atoms with van der Waals surface area (Å²) in [6.07, 6.45) is 1.72. The molecule has 1 aliphatic heterocycles. The van der Waals surface area contributed by atoms with Crippen LogP contribution >= 0.6 is 0 Å². The number of hydrogen-bond acceptors (Lipinski definition) is 8. The molecule has 0 saturated carbocycles. The lowest BCUT2D eigenvalue weighted by atomic mass is 10.2. The summed E-state index contributed by atoms with van der Waals surface area (Å²) in [7, 11) is 0. The second kappa shape index (κ2) is 8.60. The van der Waals surface area contributed by atoms with Crippen LogP contribution in [0.3, 0.4) is 0 Å². The van der Waals surface area contributed by atoms with Crippen molar-refractivity contribution in [1.82, 2.24) is 29.8 Å². The average molecular weight is 430 g/mol. The molecule has 0 bridgehead atoms. The van der Waals surface area contributed by atoms with Gasteiger partial charge in [-0.1, -0.05) is 5.16 Å². The fourth-order valence-electron chi connectivity index (χ4n) is 3.18. The van der Waals surface area contributed by atoms with E-state index in [2.05, 4.69) is 20.6 Å². The Bertz CT molecular complexity index is 1210. The van der Waals surface area contributed by atoms with Gasteiger partial charge in [-0.05, 0) is 44.0 Å². The minimum Gasteiger partial charge on any atom is -0.376 e. The van der Waals surface area contributed by atoms with Gasteiger partial charge < -0.3 is 14.6 Å². The fraction of sp³-hybridized carbons (Fsp3) is 0.368. The lowest BCUT2D eigenvalue weighted by Crippen LogP contribution is -2.41. The number of halogens is 1. The van der Waals surface area contributed by atoms with Crippen molar-refractivity contribution in [2.45, 2.75) is 32.4 Å². The number of amides is 1. The van der Waals surface area contributed by atoms with Crippen LogP contribution in [0.4, 0.5) is 4.39 Å². The van der Waals surface area contributed by atoms with E-state index in [0.29, 0.717) is 13.2 Å². The monoisotopic (exact) mass is 430 g/mol. The van der Waals surface area contributed by atoms with Crippen LogP contribution in [0.2, 0.25) is 0 Å². The molecule has 11 nitrogen and oxygen atoms in total. The van der Waals surface area contributed by atoms with Crippen molar-refractivity contribution in [3.8, 4) is 17.2 Å². The third-order valence-electron chi connectivity index (χ3n) is 4.79. The zero-order valence-electron chi connectivity index (χ0n) is 16.6. The van der Waals surface area contributed by atoms with E-state index >= 15 is 0 Å². The zero-order chi connectivity index (χ0) is 22.0. The fourth-order valence-corrected chi connectivity index (χ4v) is 3.18. The second-order valence-electron chi connectivity index (χ2n) is 6.84. The topological polar surface area (TPSA) is 134 Å². The highest BCUT2D eigenvalue weighted by molar-refractivity contribution is 5.89. The van der Waals surface area contributed by atoms with Gasteiger partial charge in [0.2, 0.25) is 5.82 Å². The van der Waals surface area contributed by atoms with E-state index in [4.69, 9.17) is 9.26 Å². The van der Waals surface area contributed by atoms with Crippen molar-refractivity contribution < 1.29 is 18.4 Å². The summed E-state index contributed by atoms with van der Waals surface area (Å²) in [6.45, 7) is 2.63. The molecular formula is C19H19FN6O5. The van der Waals surface area contributed by atoms with Crippen molar-refractivity contribution in [1.29, 1.82) is 0 Å². The van der Waals surface area contributed by atoms with Gasteiger partial charge >= 0.3 is 17.5 Å². The van der Waals surface area contributed by atoms with Gasteiger partial charge in [0, 0.05) is 19.7 Å². The van der Waals surface area contributed by atoms with Crippen LogP contribution in [-0.4, -0.2) is 49.7 Å². The molecule has 31 heavy (non-hydrogen) atoms. The molecule has 12 heteroatoms. The molecule has 2 aromatic heterocycles. The molecule has 1 saturated heterocycles. The standard InChI is InChI=1S/C19H19FN6O5/c1-2-25-18(28)14(23-26(19(25)29)12-7-5-11(20)6-8-12)15-22-17(31-24-15)16(27)21-10-13-4-3-9-30-13/h5-8,13H,2-4,9-10H2,1H3,(H,21,27)/t13-/m0/s1. The molecule has 1 atom stereocenters. The average Bonchev–Trinajstić information content (AvgIpc) is 3.46. The minimum absolute atomic E-state index is 0.0565. The summed E-state index contributed by atoms with van der Waals surface area (Å²) in [6, 6.07) is 5.01. The van der Waals surface area contributed by atoms with Crippen molar-refractivity contribution in [3.05, 3.63) is 56.8 Å². The first-order valence-corrected chi connectivity index (χ1v) is 9.72. The van der Waals surface area contributed by atoms with Crippen molar-refractivity contribution in [3.63, 3.8) is 0 Å². The molecule has 1 amide bonds. The molecule has 3 heterocycles. The highest BCUT2D eigenvalue weighted by atomic mass is 19.1. The van der Waals surface area contributed by atoms with Crippen molar-refractivity contribution in [2.24, 2.45) is 0 Å². The Morgan fingerprint density at radius 1 is 1.29 bits per heavy atom. The van der Waals surface area contributed by atoms with E-state index < -0.39 is 23.0 Å². The van der Waals surface area contributed by atoms with Crippen LogP contribution in [0.15, 0.2) is 38.4 Å². The van der Waals surface area contributed by atoms with Gasteiger partial charge in [-0.2, -0.15) is 14.8 Å². The smallest absolute Gasteiger partial charge is 0.352 e. The van der Waals surface area contributed by atoms with Crippen molar-refractivity contribution in [2.75, 3.05) is 13.2 Å². The number of benzene rings is 1. The van der Waals surface area contributed by atoms with Gasteiger partial charge in [-0.15, -0.1) is 0 Å². The largest absolute Gasteiger partial charge is 0.376 e. The number of rotatable bonds is 6. The van der Waals surface area contributed by atoms with Gasteiger partial charge in [-0.25, -0.2) is 9.18 Å². The number of hydrogen-bond donors (Lipinski definition) is 1. The van der Waals surface area contributed by atoms with E-state index in [1.807, 2.05) is 0 Å². The van der Waals surface area contributed by atoms with Crippen LogP contribution in [-0.2, 0) is 11.3 Å². The second-order valence-corrected chi connectivity index (χ2v) is 6.84. The number of ether oxygens (including phenoxy) is 1. The van der Waals surface area contributed by atoms with E-state index in [0.717, 1.165) is 34.2 Å². The maximum absolute atomic E-state index is 13.3. The molecule has 1 aromatic carbocycles. The van der Waals surface area contributed by atoms with Crippen LogP contribution < -0.4 is 16.6 Å². The van der Waals surface area contributed by atoms with Crippen LogP contribution in [0, 0.1) is 5.82 Å². The quantitative estimate of drug-likeness (QED) is 0.598. The Labute approximate surface area is 174 Å². The third kappa shape index (κ3) is 4.14. The Morgan fingerprint density at radius 3 is 2.74 bits per heavy atom. The Morgan fingerprint density at radius 2 is 2.06 bits per heavy atom. The molecule has 0 aliphatic carbocycles. The summed E-state index contributed by atoms with van der Waals surface area (Å²) in [5.41, 5.74) is -1.49. The van der Waals surface area contributed by atoms with Gasteiger partial charge in [0.15, 0.2) is 5.69 Å². The number of aromatic nitrogens is 5. The summed E-state index contributed by atoms with van der Waals surface area (Å²) in [4.78, 5) is 41.6. The molecule has 1 fully saturated rings. The van der Waals surface area contributed by atoms with Gasteiger partial charge in [0.05, 0.1) is 11.8 Å². The minimum atomic E-state index is -0.738. The normalized spacial score (nSPS) is 15.9. The molecule has 1 N–H and O–H groups in total. The lowest BCUT2D eigenvalue weighted by molar-refractivity contribution is 0.0822. The van der Waals surface area contributed by atoms with Crippen LogP contribution in [0.5, 0.6) is 0 Å². The van der Waals surface area contributed by atoms with Gasteiger partial charge in [0.1, 0.15) is 5.82 Å². The summed E-state index contributed by atoms with van der Waals surface area (Å²) < 4.78 is 25.5. The number of carbonyl (C=O) groups is 1. The first-order chi connectivity index (χ1) is 15.0. The third-order valence-corrected chi connectivity index (χ3v) is 4.79. The predicted molar refractivity (Wildman–Crippen MR) is 104 cm³/mol. The van der Waals surface area contributed by atoms with Crippen molar-refractivity contribution >= 4 is 5.91 Å². The lowest BCUT2D eigenvalue weighted by Gasteiger charge is -2.09. The van der Waals surface area contributed by atoms with E-state index in [9.17, 15) is 18.8 Å². The molecule has 3 aromatic rings. The predicted octanol–water partition coefficient (Wildman–Crippen LogP) is 0.512. The Hall–Kier alpha value is -3.67. The molecule has 0 unspecified atom stereocenters. The van der Waals surface area contributed by atoms with E-state index in [-0.39, 0.29) is 35.7 Å². The summed E-state index contributed by atoms with van der Waals surface area (Å²) >= 11 is 0. The molecule has 1 aliphatic rings. The molecule has 0 spiro atoms. The Balaban J connectivity index is 1.67. The molecule has 162 valence electrons. The van der Waals surface area contributed by atoms with E-state index in [1.54, 1.807) is 6.92 Å². The molecule has 4 rings (SSSR count). The highest BCUT2D eigenvalue weighted by Gasteiger charge is 2.23. The highest BCUT2D eigenvalue weighted by Crippen LogP contribution is 2.12. The first-order valence-electron chi connectivity index (χ1n) is 9.72. The number of nitrogens with one attached hydrogen (secondary N) is 1. The molecular weight excluding hydrogens is 411 g/mol. The summed E-state index contributed by atoms with van der Waals surface area (Å²) in [5.74, 6) is -1.70. The molecule has 0 radical (unpaired) electrons. The van der Waals surface area contributed by atoms with E-state index in [1.165, 1.54) is 12.1 Å². The maximum atomic E-state index is 13.3. The number of nitrogens with zero attached hydrogens (tertiary/aromatic N) is 5. The van der Waals surface area contributed by atoms with Crippen LogP contribution in [0.1, 0.15) is 30.5 Å². The van der Waals surface area contributed by atoms with Crippen LogP contribution in [0.25, 0.3) is 17.2 Å². The maximum Gasteiger partial charge on any atom is 0.352 e.